The zero-order valence-electron chi connectivity index (χ0n) is 9.28. The quantitative estimate of drug-likeness (QED) is 0.743. The summed E-state index contributed by atoms with van der Waals surface area (Å²) in [5, 5.41) is 9.02. The summed E-state index contributed by atoms with van der Waals surface area (Å²) in [6, 6.07) is 1.40. The van der Waals surface area contributed by atoms with E-state index in [-0.39, 0.29) is 12.4 Å². The van der Waals surface area contributed by atoms with E-state index in [9.17, 15) is 9.18 Å². The van der Waals surface area contributed by atoms with E-state index in [1.165, 1.54) is 12.3 Å². The molecule has 3 N–H and O–H groups in total. The molecule has 0 spiro atoms. The largest absolute Gasteiger partial charge is 0.394 e. The molecule has 1 aromatic heterocycles. The first-order valence-electron chi connectivity index (χ1n) is 5.29. The first-order chi connectivity index (χ1) is 8.04. The molecule has 17 heavy (non-hydrogen) atoms. The van der Waals surface area contributed by atoms with E-state index in [2.05, 4.69) is 4.98 Å². The summed E-state index contributed by atoms with van der Waals surface area (Å²) < 4.78 is 20.3. The van der Waals surface area contributed by atoms with Crippen LogP contribution in [0.3, 0.4) is 0 Å². The number of nitrogens with two attached hydrogens (primary N) is 1. The summed E-state index contributed by atoms with van der Waals surface area (Å²) in [6.07, 6.45) is -1.69. The van der Waals surface area contributed by atoms with Crippen molar-refractivity contribution in [2.45, 2.75) is 25.4 Å². The van der Waals surface area contributed by atoms with Gasteiger partial charge in [0.25, 0.3) is 0 Å². The van der Waals surface area contributed by atoms with Crippen LogP contribution in [0.2, 0.25) is 0 Å². The lowest BCUT2D eigenvalue weighted by atomic mass is 10.0. The summed E-state index contributed by atoms with van der Waals surface area (Å²) in [5.41, 5.74) is 4.68. The molecule has 94 valence electrons. The minimum Gasteiger partial charge on any atom is -0.394 e. The standard InChI is InChI=1S/C10H14FN3O3/c1-5-6(4-15)17-9(8(5)11)14-3-2-7(12)13-10(14)16/h2-3,5-6,8-9,15H,4H2,1H3,(H2,12,13,16)/t5-,6-,8+,9-/m1/s1. The molecule has 0 unspecified atom stereocenters. The van der Waals surface area contributed by atoms with Crippen molar-refractivity contribution in [3.63, 3.8) is 0 Å². The third kappa shape index (κ3) is 2.03. The predicted octanol–water partition coefficient (Wildman–Crippen LogP) is -0.311. The molecule has 0 radical (unpaired) electrons. The molecular formula is C10H14FN3O3. The van der Waals surface area contributed by atoms with Gasteiger partial charge in [-0.25, -0.2) is 9.18 Å². The SMILES string of the molecule is C[C@H]1[C@H](F)[C@H](n2ccc(N)nc2=O)O[C@@H]1CO. The Balaban J connectivity index is 2.32. The van der Waals surface area contributed by atoms with Crippen molar-refractivity contribution in [2.24, 2.45) is 5.92 Å². The highest BCUT2D eigenvalue weighted by Crippen LogP contribution is 2.34. The number of hydrogen-bond donors (Lipinski definition) is 2. The lowest BCUT2D eigenvalue weighted by Gasteiger charge is -2.15. The van der Waals surface area contributed by atoms with Crippen LogP contribution in [-0.2, 0) is 4.74 Å². The highest BCUT2D eigenvalue weighted by molar-refractivity contribution is 5.23. The predicted molar refractivity (Wildman–Crippen MR) is 58.0 cm³/mol. The third-order valence-corrected chi connectivity index (χ3v) is 2.98. The maximum absolute atomic E-state index is 13.9. The molecule has 1 aliphatic heterocycles. The molecule has 0 aromatic carbocycles. The fourth-order valence-corrected chi connectivity index (χ4v) is 1.89. The highest BCUT2D eigenvalue weighted by atomic mass is 19.1. The summed E-state index contributed by atoms with van der Waals surface area (Å²) in [5.74, 6) is -0.402. The van der Waals surface area contributed by atoms with E-state index >= 15 is 0 Å². The van der Waals surface area contributed by atoms with E-state index in [0.29, 0.717) is 0 Å². The van der Waals surface area contributed by atoms with Crippen LogP contribution in [0.4, 0.5) is 10.2 Å². The smallest absolute Gasteiger partial charge is 0.351 e. The van der Waals surface area contributed by atoms with Gasteiger partial charge in [0, 0.05) is 12.1 Å². The van der Waals surface area contributed by atoms with Crippen molar-refractivity contribution in [1.29, 1.82) is 0 Å². The van der Waals surface area contributed by atoms with Crippen LogP contribution in [-0.4, -0.2) is 33.5 Å². The van der Waals surface area contributed by atoms with Gasteiger partial charge in [-0.05, 0) is 6.07 Å². The number of nitrogens with zero attached hydrogens (tertiary/aromatic N) is 2. The fraction of sp³-hybridized carbons (Fsp3) is 0.600. The number of hydrogen-bond acceptors (Lipinski definition) is 5. The van der Waals surface area contributed by atoms with E-state index in [4.69, 9.17) is 15.6 Å². The van der Waals surface area contributed by atoms with Gasteiger partial charge >= 0.3 is 5.69 Å². The Morgan fingerprint density at radius 2 is 2.41 bits per heavy atom. The first-order valence-corrected chi connectivity index (χ1v) is 5.29. The maximum Gasteiger partial charge on any atom is 0.351 e. The molecule has 0 saturated carbocycles. The topological polar surface area (TPSA) is 90.4 Å². The lowest BCUT2D eigenvalue weighted by Crippen LogP contribution is -2.31. The molecule has 2 heterocycles. The molecule has 4 atom stereocenters. The summed E-state index contributed by atoms with van der Waals surface area (Å²) >= 11 is 0. The van der Waals surface area contributed by atoms with E-state index in [1.54, 1.807) is 6.92 Å². The van der Waals surface area contributed by atoms with Crippen LogP contribution >= 0.6 is 0 Å². The molecular weight excluding hydrogens is 229 g/mol. The van der Waals surface area contributed by atoms with Gasteiger partial charge in [-0.15, -0.1) is 0 Å². The van der Waals surface area contributed by atoms with Gasteiger partial charge in [-0.3, -0.25) is 4.57 Å². The third-order valence-electron chi connectivity index (χ3n) is 2.98. The zero-order chi connectivity index (χ0) is 12.6. The Kier molecular flexibility index (Phi) is 3.12. The van der Waals surface area contributed by atoms with Gasteiger partial charge in [-0.1, -0.05) is 6.92 Å². The highest BCUT2D eigenvalue weighted by Gasteiger charge is 2.43. The molecule has 0 amide bonds. The van der Waals surface area contributed by atoms with Gasteiger partial charge in [0.05, 0.1) is 12.7 Å². The fourth-order valence-electron chi connectivity index (χ4n) is 1.89. The number of halogens is 1. The second-order valence-electron chi connectivity index (χ2n) is 4.09. The summed E-state index contributed by atoms with van der Waals surface area (Å²) in [7, 11) is 0. The van der Waals surface area contributed by atoms with Crippen LogP contribution in [0.5, 0.6) is 0 Å². The van der Waals surface area contributed by atoms with Gasteiger partial charge < -0.3 is 15.6 Å². The second kappa shape index (κ2) is 4.42. The van der Waals surface area contributed by atoms with E-state index < -0.39 is 30.1 Å². The lowest BCUT2D eigenvalue weighted by molar-refractivity contribution is -0.0418. The molecule has 7 heteroatoms. The Morgan fingerprint density at radius 1 is 1.71 bits per heavy atom. The average molecular weight is 243 g/mol. The molecule has 0 aliphatic carbocycles. The molecule has 1 fully saturated rings. The number of aliphatic hydroxyl groups is 1. The monoisotopic (exact) mass is 243 g/mol. The molecule has 1 aliphatic rings. The van der Waals surface area contributed by atoms with Crippen molar-refractivity contribution < 1.29 is 14.2 Å². The Morgan fingerprint density at radius 3 is 2.94 bits per heavy atom. The first kappa shape index (κ1) is 12.0. The number of alkyl halides is 1. The zero-order valence-corrected chi connectivity index (χ0v) is 9.28. The number of aliphatic hydroxyl groups excluding tert-OH is 1. The summed E-state index contributed by atoms with van der Waals surface area (Å²) in [6.45, 7) is 1.34. The maximum atomic E-state index is 13.9. The Bertz CT molecular complexity index is 464. The molecule has 6 nitrogen and oxygen atoms in total. The van der Waals surface area contributed by atoms with Crippen LogP contribution in [0.1, 0.15) is 13.2 Å². The van der Waals surface area contributed by atoms with E-state index in [1.807, 2.05) is 0 Å². The van der Waals surface area contributed by atoms with Crippen molar-refractivity contribution in [1.82, 2.24) is 9.55 Å². The van der Waals surface area contributed by atoms with Crippen molar-refractivity contribution in [3.05, 3.63) is 22.7 Å². The number of nitrogen functional groups attached to an aromatic ring is 1. The summed E-state index contributed by atoms with van der Waals surface area (Å²) in [4.78, 5) is 15.0. The van der Waals surface area contributed by atoms with Gasteiger partial charge in [-0.2, -0.15) is 4.98 Å². The van der Waals surface area contributed by atoms with Crippen LogP contribution in [0, 0.1) is 5.92 Å². The van der Waals surface area contributed by atoms with Gasteiger partial charge in [0.15, 0.2) is 12.4 Å². The molecule has 1 saturated heterocycles. The van der Waals surface area contributed by atoms with Crippen molar-refractivity contribution in [3.8, 4) is 0 Å². The van der Waals surface area contributed by atoms with Crippen molar-refractivity contribution in [2.75, 3.05) is 12.3 Å². The van der Waals surface area contributed by atoms with Crippen LogP contribution in [0.15, 0.2) is 17.1 Å². The van der Waals surface area contributed by atoms with Crippen LogP contribution in [0.25, 0.3) is 0 Å². The second-order valence-corrected chi connectivity index (χ2v) is 4.09. The van der Waals surface area contributed by atoms with E-state index in [0.717, 1.165) is 4.57 Å². The van der Waals surface area contributed by atoms with Crippen molar-refractivity contribution >= 4 is 5.82 Å². The van der Waals surface area contributed by atoms with Gasteiger partial charge in [0.1, 0.15) is 5.82 Å². The number of rotatable bonds is 2. The minimum absolute atomic E-state index is 0.0754. The Labute approximate surface area is 96.8 Å². The number of ether oxygens (including phenoxy) is 1. The molecule has 2 rings (SSSR count). The normalized spacial score (nSPS) is 32.9. The number of aromatic nitrogens is 2. The molecule has 0 bridgehead atoms. The van der Waals surface area contributed by atoms with Gasteiger partial charge in [0.2, 0.25) is 0 Å². The Hall–Kier alpha value is -1.47. The minimum atomic E-state index is -1.37. The number of anilines is 1. The van der Waals surface area contributed by atoms with Crippen LogP contribution < -0.4 is 11.4 Å². The average Bonchev–Trinajstić information content (AvgIpc) is 2.57. The molecule has 1 aromatic rings.